The quantitative estimate of drug-likeness (QED) is 0.691. The van der Waals surface area contributed by atoms with Gasteiger partial charge in [-0.05, 0) is 61.1 Å². The van der Waals surface area contributed by atoms with Gasteiger partial charge in [0, 0.05) is 25.7 Å². The topological polar surface area (TPSA) is 94.9 Å². The van der Waals surface area contributed by atoms with Crippen LogP contribution in [0.4, 0.5) is 5.69 Å². The number of nitrogens with zero attached hydrogens (tertiary/aromatic N) is 2. The molecule has 3 heterocycles. The molecule has 2 aromatic rings. The van der Waals surface area contributed by atoms with Gasteiger partial charge in [0.1, 0.15) is 5.69 Å². The van der Waals surface area contributed by atoms with Crippen LogP contribution in [0, 0.1) is 11.8 Å². The van der Waals surface area contributed by atoms with E-state index in [0.717, 1.165) is 31.5 Å². The maximum atomic E-state index is 12.5. The molecule has 3 N–H and O–H groups in total. The number of aromatic nitrogens is 1. The van der Waals surface area contributed by atoms with Crippen molar-refractivity contribution in [3.05, 3.63) is 42.1 Å². The molecule has 1 fully saturated rings. The van der Waals surface area contributed by atoms with Crippen molar-refractivity contribution in [1.82, 2.24) is 9.88 Å². The minimum Gasteiger partial charge on any atom is -0.504 e. The van der Waals surface area contributed by atoms with Crippen molar-refractivity contribution in [2.24, 2.45) is 11.8 Å². The third-order valence-electron chi connectivity index (χ3n) is 5.64. The molecule has 0 unspecified atom stereocenters. The third-order valence-corrected chi connectivity index (χ3v) is 5.64. The molecule has 0 spiro atoms. The normalized spacial score (nSPS) is 23.1. The number of amides is 1. The van der Waals surface area contributed by atoms with E-state index in [-0.39, 0.29) is 17.4 Å². The highest BCUT2D eigenvalue weighted by Crippen LogP contribution is 2.33. The predicted molar refractivity (Wildman–Crippen MR) is 104 cm³/mol. The lowest BCUT2D eigenvalue weighted by atomic mass is 9.81. The number of fused-ring (bicyclic) bond motifs is 2. The number of carbonyl (C=O) groups is 1. The van der Waals surface area contributed by atoms with Gasteiger partial charge in [0.2, 0.25) is 11.8 Å². The molecule has 2 aliphatic heterocycles. The smallest absolute Gasteiger partial charge is 0.237 e. The fraction of sp³-hybridized carbons (Fsp3) is 0.429. The number of hydrogen-bond donors (Lipinski definition) is 3. The van der Waals surface area contributed by atoms with Gasteiger partial charge in [-0.3, -0.25) is 9.69 Å². The molecule has 0 radical (unpaired) electrons. The number of likely N-dealkylation sites (tertiary alicyclic amines) is 1. The van der Waals surface area contributed by atoms with E-state index in [1.54, 1.807) is 18.3 Å². The zero-order valence-electron chi connectivity index (χ0n) is 15.7. The highest BCUT2D eigenvalue weighted by molar-refractivity contribution is 5.92. The zero-order chi connectivity index (χ0) is 19.5. The van der Waals surface area contributed by atoms with Crippen LogP contribution in [0.2, 0.25) is 0 Å². The second-order valence-corrected chi connectivity index (χ2v) is 7.61. The molecule has 4 rings (SSSR count). The summed E-state index contributed by atoms with van der Waals surface area (Å²) in [6.07, 6.45) is 3.98. The summed E-state index contributed by atoms with van der Waals surface area (Å²) in [6.45, 7) is 3.04. The van der Waals surface area contributed by atoms with Crippen molar-refractivity contribution in [1.29, 1.82) is 0 Å². The Kier molecular flexibility index (Phi) is 5.34. The number of ether oxygens (including phenoxy) is 1. The van der Waals surface area contributed by atoms with Crippen molar-refractivity contribution in [3.8, 4) is 17.4 Å². The van der Waals surface area contributed by atoms with Gasteiger partial charge >= 0.3 is 0 Å². The van der Waals surface area contributed by atoms with Gasteiger partial charge in [-0.15, -0.1) is 0 Å². The number of hydrogen-bond acceptors (Lipinski definition) is 6. The molecule has 1 amide bonds. The average Bonchev–Trinajstić information content (AvgIpc) is 2.68. The molecule has 7 heteroatoms. The van der Waals surface area contributed by atoms with Crippen LogP contribution in [0.25, 0.3) is 0 Å². The Morgan fingerprint density at radius 1 is 1.18 bits per heavy atom. The van der Waals surface area contributed by atoms with Crippen LogP contribution in [0.1, 0.15) is 24.8 Å². The molecule has 1 saturated heterocycles. The number of rotatable bonds is 2. The highest BCUT2D eigenvalue weighted by Gasteiger charge is 2.31. The standard InChI is InChI=1S/C21H25N3O4/c25-18-4-3-14(10-19(18)26)12-24-8-5-15-11-20(27)23-17-2-1-7-22-21(17)28-9-6-16(15)13-24/h1-4,7,10,15-16,25-26H,5-6,8-9,11-13H2,(H,23,27)/t15-,16-/m0/s1. The van der Waals surface area contributed by atoms with Gasteiger partial charge < -0.3 is 20.3 Å². The van der Waals surface area contributed by atoms with Gasteiger partial charge in [-0.25, -0.2) is 4.98 Å². The lowest BCUT2D eigenvalue weighted by molar-refractivity contribution is -0.118. The van der Waals surface area contributed by atoms with E-state index >= 15 is 0 Å². The van der Waals surface area contributed by atoms with Gasteiger partial charge in [-0.1, -0.05) is 6.07 Å². The van der Waals surface area contributed by atoms with Crippen LogP contribution in [0.15, 0.2) is 36.5 Å². The number of anilines is 1. The van der Waals surface area contributed by atoms with Crippen molar-refractivity contribution in [2.45, 2.75) is 25.8 Å². The largest absolute Gasteiger partial charge is 0.504 e. The maximum absolute atomic E-state index is 12.5. The third kappa shape index (κ3) is 4.20. The van der Waals surface area contributed by atoms with E-state index < -0.39 is 0 Å². The van der Waals surface area contributed by atoms with E-state index in [1.165, 1.54) is 6.07 Å². The van der Waals surface area contributed by atoms with Crippen LogP contribution in [-0.4, -0.2) is 45.7 Å². The Bertz CT molecular complexity index is 857. The molecule has 0 aliphatic carbocycles. The average molecular weight is 383 g/mol. The first-order valence-corrected chi connectivity index (χ1v) is 9.69. The molecule has 7 nitrogen and oxygen atoms in total. The van der Waals surface area contributed by atoms with Crippen molar-refractivity contribution < 1.29 is 19.7 Å². The summed E-state index contributed by atoms with van der Waals surface area (Å²) < 4.78 is 5.84. The Labute approximate surface area is 164 Å². The number of phenols is 2. The van der Waals surface area contributed by atoms with E-state index in [4.69, 9.17) is 4.74 Å². The van der Waals surface area contributed by atoms with Gasteiger partial charge in [0.25, 0.3) is 0 Å². The molecule has 2 atom stereocenters. The van der Waals surface area contributed by atoms with Gasteiger partial charge in [-0.2, -0.15) is 0 Å². The van der Waals surface area contributed by atoms with Crippen molar-refractivity contribution in [2.75, 3.05) is 25.0 Å². The molecule has 2 aliphatic rings. The molecule has 28 heavy (non-hydrogen) atoms. The SMILES string of the molecule is O=C1C[C@@H]2CCN(Cc3ccc(O)c(O)c3)C[C@@H]2CCOc2ncccc2N1. The summed E-state index contributed by atoms with van der Waals surface area (Å²) in [5, 5.41) is 22.1. The number of aromatic hydroxyl groups is 2. The zero-order valence-corrected chi connectivity index (χ0v) is 15.7. The second-order valence-electron chi connectivity index (χ2n) is 7.61. The van der Waals surface area contributed by atoms with Crippen LogP contribution >= 0.6 is 0 Å². The Morgan fingerprint density at radius 2 is 2.07 bits per heavy atom. The maximum Gasteiger partial charge on any atom is 0.237 e. The first kappa shape index (κ1) is 18.6. The van der Waals surface area contributed by atoms with E-state index in [0.29, 0.717) is 43.0 Å². The number of carbonyl (C=O) groups excluding carboxylic acids is 1. The number of piperidine rings is 1. The van der Waals surface area contributed by atoms with Gasteiger partial charge in [0.15, 0.2) is 11.5 Å². The van der Waals surface area contributed by atoms with E-state index in [2.05, 4.69) is 15.2 Å². The minimum absolute atomic E-state index is 0.00616. The highest BCUT2D eigenvalue weighted by atomic mass is 16.5. The summed E-state index contributed by atoms with van der Waals surface area (Å²) in [6, 6.07) is 8.55. The van der Waals surface area contributed by atoms with Crippen LogP contribution in [0.3, 0.4) is 0 Å². The lowest BCUT2D eigenvalue weighted by Crippen LogP contribution is -2.42. The van der Waals surface area contributed by atoms with Crippen LogP contribution in [-0.2, 0) is 11.3 Å². The van der Waals surface area contributed by atoms with Crippen molar-refractivity contribution in [3.63, 3.8) is 0 Å². The van der Waals surface area contributed by atoms with E-state index in [9.17, 15) is 15.0 Å². The molecule has 1 aromatic heterocycles. The first-order valence-electron chi connectivity index (χ1n) is 9.69. The second kappa shape index (κ2) is 8.06. The van der Waals surface area contributed by atoms with Crippen molar-refractivity contribution >= 4 is 11.6 Å². The Balaban J connectivity index is 1.44. The Morgan fingerprint density at radius 3 is 2.93 bits per heavy atom. The fourth-order valence-electron chi connectivity index (χ4n) is 4.17. The molecule has 0 saturated carbocycles. The Hall–Kier alpha value is -2.80. The number of nitrogens with one attached hydrogen (secondary N) is 1. The number of phenolic OH excluding ortho intramolecular Hbond substituents is 2. The van der Waals surface area contributed by atoms with Crippen LogP contribution < -0.4 is 10.1 Å². The minimum atomic E-state index is -0.105. The number of pyridine rings is 1. The monoisotopic (exact) mass is 383 g/mol. The molecule has 0 bridgehead atoms. The summed E-state index contributed by atoms with van der Waals surface area (Å²) in [7, 11) is 0. The molecule has 1 aromatic carbocycles. The van der Waals surface area contributed by atoms with E-state index in [1.807, 2.05) is 12.1 Å². The first-order chi connectivity index (χ1) is 13.6. The molecular weight excluding hydrogens is 358 g/mol. The summed E-state index contributed by atoms with van der Waals surface area (Å²) in [5.74, 6) is 0.962. The summed E-state index contributed by atoms with van der Waals surface area (Å²) in [4.78, 5) is 19.1. The lowest BCUT2D eigenvalue weighted by Gasteiger charge is -2.39. The summed E-state index contributed by atoms with van der Waals surface area (Å²) >= 11 is 0. The predicted octanol–water partition coefficient (Wildman–Crippen LogP) is 2.74. The molecular formula is C21H25N3O4. The fourth-order valence-corrected chi connectivity index (χ4v) is 4.17. The van der Waals surface area contributed by atoms with Gasteiger partial charge in [0.05, 0.1) is 6.61 Å². The van der Waals surface area contributed by atoms with Crippen LogP contribution in [0.5, 0.6) is 17.4 Å². The number of benzene rings is 1. The molecule has 148 valence electrons. The summed E-state index contributed by atoms with van der Waals surface area (Å²) in [5.41, 5.74) is 1.59.